The highest BCUT2D eigenvalue weighted by Gasteiger charge is 2.20. The Balaban J connectivity index is 1.32. The Bertz CT molecular complexity index is 1200. The molecule has 0 N–H and O–H groups in total. The zero-order valence-electron chi connectivity index (χ0n) is 20.9. The van der Waals surface area contributed by atoms with Crippen LogP contribution in [0.5, 0.6) is 0 Å². The normalized spacial score (nSPS) is 17.5. The van der Waals surface area contributed by atoms with Gasteiger partial charge in [-0.05, 0) is 91.1 Å². The van der Waals surface area contributed by atoms with Gasteiger partial charge in [0.2, 0.25) is 0 Å². The minimum atomic E-state index is -0.125. The van der Waals surface area contributed by atoms with E-state index in [2.05, 4.69) is 55.3 Å². The fourth-order valence-electron chi connectivity index (χ4n) is 5.30. The zero-order chi connectivity index (χ0) is 24.5. The van der Waals surface area contributed by atoms with Crippen molar-refractivity contribution in [2.24, 2.45) is 11.8 Å². The third-order valence-corrected chi connectivity index (χ3v) is 7.54. The molecule has 180 valence electrons. The monoisotopic (exact) mass is 464 g/mol. The number of aryl methyl sites for hydroxylation is 2. The van der Waals surface area contributed by atoms with Crippen LogP contribution < -0.4 is 0 Å². The number of rotatable bonds is 9. The number of benzene rings is 3. The van der Waals surface area contributed by atoms with E-state index in [1.54, 1.807) is 0 Å². The molecule has 0 radical (unpaired) electrons. The highest BCUT2D eigenvalue weighted by molar-refractivity contribution is 5.85. The fourth-order valence-corrected chi connectivity index (χ4v) is 5.30. The van der Waals surface area contributed by atoms with Gasteiger partial charge in [0.15, 0.2) is 0 Å². The van der Waals surface area contributed by atoms with Crippen molar-refractivity contribution in [2.45, 2.75) is 64.2 Å². The van der Waals surface area contributed by atoms with Crippen LogP contribution in [-0.2, 0) is 12.8 Å². The van der Waals surface area contributed by atoms with Gasteiger partial charge in [0.1, 0.15) is 5.82 Å². The van der Waals surface area contributed by atoms with E-state index in [-0.39, 0.29) is 5.82 Å². The summed E-state index contributed by atoms with van der Waals surface area (Å²) >= 11 is 0. The minimum absolute atomic E-state index is 0.125. The lowest BCUT2D eigenvalue weighted by atomic mass is 9.78. The van der Waals surface area contributed by atoms with Gasteiger partial charge < -0.3 is 0 Å². The van der Waals surface area contributed by atoms with Crippen molar-refractivity contribution in [3.63, 3.8) is 0 Å². The summed E-state index contributed by atoms with van der Waals surface area (Å²) in [6, 6.07) is 18.3. The fraction of sp³-hybridized carbons (Fsp3) is 0.353. The molecule has 35 heavy (non-hydrogen) atoms. The van der Waals surface area contributed by atoms with Crippen LogP contribution in [-0.4, -0.2) is 0 Å². The maximum atomic E-state index is 14.8. The predicted octanol–water partition coefficient (Wildman–Crippen LogP) is 9.20. The van der Waals surface area contributed by atoms with Crippen LogP contribution in [0, 0.1) is 29.5 Å². The van der Waals surface area contributed by atoms with Crippen LogP contribution in [0.25, 0.3) is 10.8 Å². The third kappa shape index (κ3) is 6.95. The summed E-state index contributed by atoms with van der Waals surface area (Å²) in [7, 11) is 0. The maximum Gasteiger partial charge on any atom is 0.134 e. The van der Waals surface area contributed by atoms with Crippen LogP contribution in [0.15, 0.2) is 79.9 Å². The van der Waals surface area contributed by atoms with Crippen LogP contribution in [0.2, 0.25) is 0 Å². The average Bonchev–Trinajstić information content (AvgIpc) is 2.90. The Hall–Kier alpha value is -3.11. The Morgan fingerprint density at radius 1 is 0.743 bits per heavy atom. The lowest BCUT2D eigenvalue weighted by molar-refractivity contribution is 0.254. The van der Waals surface area contributed by atoms with E-state index in [1.165, 1.54) is 50.5 Å². The summed E-state index contributed by atoms with van der Waals surface area (Å²) < 4.78 is 14.8. The van der Waals surface area contributed by atoms with Gasteiger partial charge in [-0.25, -0.2) is 4.39 Å². The lowest BCUT2D eigenvalue weighted by Crippen LogP contribution is -2.15. The molecule has 3 aromatic carbocycles. The second-order valence-electron chi connectivity index (χ2n) is 10.0. The van der Waals surface area contributed by atoms with E-state index in [1.807, 2.05) is 36.4 Å². The molecule has 1 aliphatic rings. The first-order valence-corrected chi connectivity index (χ1v) is 13.2. The predicted molar refractivity (Wildman–Crippen MR) is 148 cm³/mol. The number of hydrogen-bond donors (Lipinski definition) is 0. The Labute approximate surface area is 211 Å². The third-order valence-electron chi connectivity index (χ3n) is 7.54. The van der Waals surface area contributed by atoms with E-state index in [9.17, 15) is 4.39 Å². The Morgan fingerprint density at radius 2 is 1.40 bits per heavy atom. The largest absolute Gasteiger partial charge is 0.206 e. The average molecular weight is 465 g/mol. The molecule has 0 spiro atoms. The molecule has 0 nitrogen and oxygen atoms in total. The van der Waals surface area contributed by atoms with Crippen molar-refractivity contribution >= 4 is 10.8 Å². The van der Waals surface area contributed by atoms with Crippen molar-refractivity contribution in [3.8, 4) is 11.8 Å². The minimum Gasteiger partial charge on any atom is -0.206 e. The molecule has 1 heteroatoms. The van der Waals surface area contributed by atoms with Crippen LogP contribution in [0.3, 0.4) is 0 Å². The number of allylic oxidation sites excluding steroid dienone is 2. The Kier molecular flexibility index (Phi) is 8.96. The lowest BCUT2D eigenvalue weighted by Gasteiger charge is -2.28. The molecule has 0 aromatic heterocycles. The topological polar surface area (TPSA) is 0 Å². The zero-order valence-corrected chi connectivity index (χ0v) is 20.9. The van der Waals surface area contributed by atoms with Crippen molar-refractivity contribution in [2.75, 3.05) is 0 Å². The van der Waals surface area contributed by atoms with E-state index in [0.29, 0.717) is 11.8 Å². The molecule has 0 heterocycles. The molecule has 1 fully saturated rings. The highest BCUT2D eigenvalue weighted by Crippen LogP contribution is 2.34. The number of fused-ring (bicyclic) bond motifs is 1. The molecule has 4 rings (SSSR count). The van der Waals surface area contributed by atoms with Gasteiger partial charge in [-0.1, -0.05) is 80.0 Å². The van der Waals surface area contributed by atoms with E-state index < -0.39 is 0 Å². The van der Waals surface area contributed by atoms with Gasteiger partial charge in [0.25, 0.3) is 0 Å². The highest BCUT2D eigenvalue weighted by atomic mass is 19.1. The summed E-state index contributed by atoms with van der Waals surface area (Å²) in [6.07, 6.45) is 15.8. The van der Waals surface area contributed by atoms with Crippen molar-refractivity contribution < 1.29 is 4.39 Å². The molecule has 0 bridgehead atoms. The molecule has 0 saturated heterocycles. The van der Waals surface area contributed by atoms with Gasteiger partial charge in [-0.3, -0.25) is 0 Å². The van der Waals surface area contributed by atoms with Gasteiger partial charge >= 0.3 is 0 Å². The van der Waals surface area contributed by atoms with Crippen molar-refractivity contribution in [1.82, 2.24) is 0 Å². The van der Waals surface area contributed by atoms with Crippen molar-refractivity contribution in [1.29, 1.82) is 0 Å². The first kappa shape index (κ1) is 25.0. The second kappa shape index (κ2) is 12.6. The molecule has 1 saturated carbocycles. The first-order chi connectivity index (χ1) is 17.2. The molecule has 0 unspecified atom stereocenters. The van der Waals surface area contributed by atoms with Gasteiger partial charge in [-0.2, -0.15) is 0 Å². The summed E-state index contributed by atoms with van der Waals surface area (Å²) in [5.41, 5.74) is 4.07. The summed E-state index contributed by atoms with van der Waals surface area (Å²) in [6.45, 7) is 7.58. The quantitative estimate of drug-likeness (QED) is 0.219. The Morgan fingerprint density at radius 3 is 2.11 bits per heavy atom. The molecule has 0 aliphatic heterocycles. The van der Waals surface area contributed by atoms with E-state index in [0.717, 1.165) is 46.8 Å². The van der Waals surface area contributed by atoms with E-state index in [4.69, 9.17) is 0 Å². The molecule has 0 atom stereocenters. The maximum absolute atomic E-state index is 14.8. The summed E-state index contributed by atoms with van der Waals surface area (Å²) in [5, 5.41) is 1.55. The molecule has 3 aromatic rings. The first-order valence-electron chi connectivity index (χ1n) is 13.2. The van der Waals surface area contributed by atoms with Crippen LogP contribution in [0.1, 0.15) is 73.6 Å². The molecular weight excluding hydrogens is 427 g/mol. The van der Waals surface area contributed by atoms with Gasteiger partial charge in [0, 0.05) is 16.5 Å². The van der Waals surface area contributed by atoms with E-state index >= 15 is 0 Å². The van der Waals surface area contributed by atoms with Crippen LogP contribution >= 0.6 is 0 Å². The summed E-state index contributed by atoms with van der Waals surface area (Å²) in [5.74, 6) is 8.20. The standard InChI is InChI=1S/C34H37F/c1-3-5-7-26-9-11-27(12-10-26)13-14-28-15-17-29(18-16-28)19-20-30-21-24-33-32(25-30)23-22-31(34(33)35)8-6-4-2/h3-4,15-18,21-27H,1-2,5-14H2. The number of halogens is 1. The van der Waals surface area contributed by atoms with Gasteiger partial charge in [0.05, 0.1) is 0 Å². The van der Waals surface area contributed by atoms with Crippen molar-refractivity contribution in [3.05, 3.63) is 108 Å². The molecule has 1 aliphatic carbocycles. The SMILES string of the molecule is C=CCCc1ccc2cc(C#Cc3ccc(CCC4CCC(CCC=C)CC4)cc3)ccc2c1F. The smallest absolute Gasteiger partial charge is 0.134 e. The van der Waals surface area contributed by atoms with Crippen LogP contribution in [0.4, 0.5) is 4.39 Å². The van der Waals surface area contributed by atoms with Gasteiger partial charge in [-0.15, -0.1) is 13.2 Å². The number of hydrogen-bond acceptors (Lipinski definition) is 0. The molecule has 0 amide bonds. The molecular formula is C34H37F. The second-order valence-corrected chi connectivity index (χ2v) is 10.0. The summed E-state index contributed by atoms with van der Waals surface area (Å²) in [4.78, 5) is 0.